The van der Waals surface area contributed by atoms with E-state index < -0.39 is 0 Å². The fourth-order valence-corrected chi connectivity index (χ4v) is 0.841. The summed E-state index contributed by atoms with van der Waals surface area (Å²) in [7, 11) is 0. The topological polar surface area (TPSA) is 0 Å². The Morgan fingerprint density at radius 1 is 1.10 bits per heavy atom. The molecule has 0 aliphatic carbocycles. The van der Waals surface area contributed by atoms with Crippen LogP contribution in [0.25, 0.3) is 0 Å². The third-order valence-corrected chi connectivity index (χ3v) is 1.49. The molecule has 0 aliphatic rings. The van der Waals surface area contributed by atoms with E-state index in [1.807, 2.05) is 0 Å². The van der Waals surface area contributed by atoms with Crippen LogP contribution in [0, 0.1) is 6.92 Å². The Morgan fingerprint density at radius 3 is 2.40 bits per heavy atom. The second-order valence-electron chi connectivity index (χ2n) is 2.61. The van der Waals surface area contributed by atoms with Gasteiger partial charge in [0.1, 0.15) is 0 Å². The van der Waals surface area contributed by atoms with Crippen LogP contribution in [0.15, 0.2) is 12.2 Å². The molecule has 0 aromatic rings. The minimum atomic E-state index is 1.08. The van der Waals surface area contributed by atoms with E-state index in [0.29, 0.717) is 0 Å². The molecule has 59 valence electrons. The van der Waals surface area contributed by atoms with E-state index in [9.17, 15) is 0 Å². The minimum absolute atomic E-state index is 1.08. The van der Waals surface area contributed by atoms with Crippen LogP contribution < -0.4 is 0 Å². The summed E-state index contributed by atoms with van der Waals surface area (Å²) in [5.41, 5.74) is 0. The van der Waals surface area contributed by atoms with Crippen molar-refractivity contribution in [2.24, 2.45) is 0 Å². The first-order valence-electron chi connectivity index (χ1n) is 4.36. The molecule has 0 aromatic heterocycles. The van der Waals surface area contributed by atoms with Crippen LogP contribution in [0.4, 0.5) is 0 Å². The van der Waals surface area contributed by atoms with Crippen molar-refractivity contribution in [1.82, 2.24) is 0 Å². The van der Waals surface area contributed by atoms with Gasteiger partial charge in [0.25, 0.3) is 0 Å². The van der Waals surface area contributed by atoms with Gasteiger partial charge in [0.2, 0.25) is 0 Å². The maximum Gasteiger partial charge on any atom is -0.0351 e. The first-order valence-corrected chi connectivity index (χ1v) is 4.36. The smallest absolute Gasteiger partial charge is 0.0351 e. The van der Waals surface area contributed by atoms with E-state index in [0.717, 1.165) is 6.42 Å². The maximum atomic E-state index is 3.80. The Balaban J connectivity index is 2.88. The largest absolute Gasteiger partial charge is 0.0885 e. The number of hydrogen-bond acceptors (Lipinski definition) is 0. The molecule has 0 atom stereocenters. The SMILES string of the molecule is [CH2]CCCCC=CCCC. The molecule has 0 aliphatic heterocycles. The van der Waals surface area contributed by atoms with E-state index in [1.54, 1.807) is 0 Å². The summed E-state index contributed by atoms with van der Waals surface area (Å²) in [6.45, 7) is 6.00. The molecule has 0 aromatic carbocycles. The lowest BCUT2D eigenvalue weighted by molar-refractivity contribution is 0.758. The van der Waals surface area contributed by atoms with Gasteiger partial charge < -0.3 is 0 Å². The maximum absolute atomic E-state index is 3.80. The first kappa shape index (κ1) is 9.74. The number of hydrogen-bond donors (Lipinski definition) is 0. The summed E-state index contributed by atoms with van der Waals surface area (Å²) in [5.74, 6) is 0. The van der Waals surface area contributed by atoms with E-state index in [1.165, 1.54) is 32.1 Å². The molecule has 0 heteroatoms. The van der Waals surface area contributed by atoms with Gasteiger partial charge in [-0.3, -0.25) is 0 Å². The normalized spacial score (nSPS) is 11.0. The summed E-state index contributed by atoms with van der Waals surface area (Å²) in [6, 6.07) is 0. The predicted octanol–water partition coefficient (Wildman–Crippen LogP) is 3.74. The van der Waals surface area contributed by atoms with E-state index in [2.05, 4.69) is 26.0 Å². The molecule has 0 fully saturated rings. The number of rotatable bonds is 6. The van der Waals surface area contributed by atoms with Gasteiger partial charge in [-0.25, -0.2) is 0 Å². The van der Waals surface area contributed by atoms with Crippen molar-refractivity contribution in [3.8, 4) is 0 Å². The average molecular weight is 139 g/mol. The molecule has 0 bridgehead atoms. The Hall–Kier alpha value is -0.260. The van der Waals surface area contributed by atoms with Gasteiger partial charge in [0, 0.05) is 0 Å². The van der Waals surface area contributed by atoms with Crippen LogP contribution in [0.1, 0.15) is 45.4 Å². The lowest BCUT2D eigenvalue weighted by Crippen LogP contribution is -1.70. The summed E-state index contributed by atoms with van der Waals surface area (Å²) in [6.07, 6.45) is 12.0. The number of allylic oxidation sites excluding steroid dienone is 2. The summed E-state index contributed by atoms with van der Waals surface area (Å²) in [4.78, 5) is 0. The Kier molecular flexibility index (Phi) is 8.51. The van der Waals surface area contributed by atoms with Gasteiger partial charge in [-0.2, -0.15) is 0 Å². The van der Waals surface area contributed by atoms with Gasteiger partial charge in [0.15, 0.2) is 0 Å². The third-order valence-electron chi connectivity index (χ3n) is 1.49. The monoisotopic (exact) mass is 139 g/mol. The molecular weight excluding hydrogens is 120 g/mol. The molecule has 1 radical (unpaired) electrons. The second-order valence-corrected chi connectivity index (χ2v) is 2.61. The Labute approximate surface area is 65.3 Å². The zero-order chi connectivity index (χ0) is 7.66. The Morgan fingerprint density at radius 2 is 1.80 bits per heavy atom. The van der Waals surface area contributed by atoms with E-state index >= 15 is 0 Å². The molecule has 0 saturated heterocycles. The van der Waals surface area contributed by atoms with Crippen molar-refractivity contribution in [3.05, 3.63) is 19.1 Å². The van der Waals surface area contributed by atoms with Crippen molar-refractivity contribution >= 4 is 0 Å². The number of unbranched alkanes of at least 4 members (excludes halogenated alkanes) is 4. The predicted molar refractivity (Wildman–Crippen MR) is 47.9 cm³/mol. The molecule has 0 rings (SSSR count). The quantitative estimate of drug-likeness (QED) is 0.388. The fraction of sp³-hybridized carbons (Fsp3) is 0.700. The van der Waals surface area contributed by atoms with Crippen LogP contribution in [-0.2, 0) is 0 Å². The minimum Gasteiger partial charge on any atom is -0.0885 e. The molecule has 0 heterocycles. The zero-order valence-electron chi connectivity index (χ0n) is 7.10. The highest BCUT2D eigenvalue weighted by atomic mass is 13.9. The van der Waals surface area contributed by atoms with Crippen molar-refractivity contribution in [2.45, 2.75) is 45.4 Å². The average Bonchev–Trinajstić information content (AvgIpc) is 1.97. The van der Waals surface area contributed by atoms with Crippen LogP contribution in [0.2, 0.25) is 0 Å². The molecule has 0 nitrogen and oxygen atoms in total. The summed E-state index contributed by atoms with van der Waals surface area (Å²) < 4.78 is 0. The zero-order valence-corrected chi connectivity index (χ0v) is 7.10. The van der Waals surface area contributed by atoms with Crippen LogP contribution in [-0.4, -0.2) is 0 Å². The van der Waals surface area contributed by atoms with Crippen molar-refractivity contribution in [1.29, 1.82) is 0 Å². The van der Waals surface area contributed by atoms with Gasteiger partial charge >= 0.3 is 0 Å². The second kappa shape index (κ2) is 8.74. The Bertz CT molecular complexity index is 72.1. The van der Waals surface area contributed by atoms with Crippen LogP contribution >= 0.6 is 0 Å². The molecule has 10 heavy (non-hydrogen) atoms. The molecule has 0 N–H and O–H groups in total. The van der Waals surface area contributed by atoms with Crippen molar-refractivity contribution < 1.29 is 0 Å². The van der Waals surface area contributed by atoms with Gasteiger partial charge in [-0.1, -0.05) is 45.3 Å². The van der Waals surface area contributed by atoms with Gasteiger partial charge in [-0.15, -0.1) is 0 Å². The highest BCUT2D eigenvalue weighted by Gasteiger charge is 1.80. The molecular formula is C10H19. The van der Waals surface area contributed by atoms with Crippen molar-refractivity contribution in [3.63, 3.8) is 0 Å². The lowest BCUT2D eigenvalue weighted by atomic mass is 10.2. The van der Waals surface area contributed by atoms with Crippen LogP contribution in [0.5, 0.6) is 0 Å². The molecule has 0 spiro atoms. The summed E-state index contributed by atoms with van der Waals surface area (Å²) >= 11 is 0. The summed E-state index contributed by atoms with van der Waals surface area (Å²) in [5, 5.41) is 0. The lowest BCUT2D eigenvalue weighted by Gasteiger charge is -1.90. The molecule has 0 saturated carbocycles. The highest BCUT2D eigenvalue weighted by Crippen LogP contribution is 2.00. The first-order chi connectivity index (χ1) is 4.91. The highest BCUT2D eigenvalue weighted by molar-refractivity contribution is 4.80. The van der Waals surface area contributed by atoms with Gasteiger partial charge in [-0.05, 0) is 19.3 Å². The molecule has 0 amide bonds. The fourth-order valence-electron chi connectivity index (χ4n) is 0.841. The van der Waals surface area contributed by atoms with Gasteiger partial charge in [0.05, 0.1) is 0 Å². The van der Waals surface area contributed by atoms with E-state index in [-0.39, 0.29) is 0 Å². The molecule has 0 unspecified atom stereocenters. The van der Waals surface area contributed by atoms with E-state index in [4.69, 9.17) is 0 Å². The van der Waals surface area contributed by atoms with Crippen molar-refractivity contribution in [2.75, 3.05) is 0 Å². The third kappa shape index (κ3) is 7.74. The van der Waals surface area contributed by atoms with Crippen LogP contribution in [0.3, 0.4) is 0 Å². The standard InChI is InChI=1S/C10H19/c1-3-5-7-9-10-8-6-4-2/h8,10H,1,3-7,9H2,2H3.